The summed E-state index contributed by atoms with van der Waals surface area (Å²) in [6.45, 7) is 8.58. The van der Waals surface area contributed by atoms with Crippen molar-refractivity contribution in [3.8, 4) is 0 Å². The second-order valence-corrected chi connectivity index (χ2v) is 4.59. The normalized spacial score (nSPS) is 12.0. The first-order valence-electron chi connectivity index (χ1n) is 5.30. The molecular weight excluding hydrogens is 190 g/mol. The molecule has 0 atom stereocenters. The van der Waals surface area contributed by atoms with Crippen LogP contribution in [0.25, 0.3) is 0 Å². The lowest BCUT2D eigenvalue weighted by molar-refractivity contribution is -0.00683. The van der Waals surface area contributed by atoms with Crippen molar-refractivity contribution in [1.82, 2.24) is 14.9 Å². The summed E-state index contributed by atoms with van der Waals surface area (Å²) in [5.41, 5.74) is 1.00. The van der Waals surface area contributed by atoms with Crippen molar-refractivity contribution in [2.45, 2.75) is 39.5 Å². The molecule has 0 bridgehead atoms. The molecule has 1 aromatic heterocycles. The van der Waals surface area contributed by atoms with Gasteiger partial charge in [-0.15, -0.1) is 0 Å². The van der Waals surface area contributed by atoms with Gasteiger partial charge in [0.1, 0.15) is 0 Å². The fourth-order valence-electron chi connectivity index (χ4n) is 1.26. The van der Waals surface area contributed by atoms with Crippen LogP contribution in [0.1, 0.15) is 26.5 Å². The van der Waals surface area contributed by atoms with E-state index in [1.165, 1.54) is 0 Å². The first-order chi connectivity index (χ1) is 7.01. The summed E-state index contributed by atoms with van der Waals surface area (Å²) in [5, 5.41) is 3.07. The van der Waals surface area contributed by atoms with Crippen LogP contribution in [-0.2, 0) is 17.8 Å². The predicted octanol–water partition coefficient (Wildman–Crippen LogP) is 1.42. The summed E-state index contributed by atoms with van der Waals surface area (Å²) in [6.07, 6.45) is 3.89. The number of rotatable bonds is 5. The maximum atomic E-state index is 5.64. The average molecular weight is 211 g/mol. The Bertz CT molecular complexity index is 288. The van der Waals surface area contributed by atoms with Crippen LogP contribution < -0.4 is 5.32 Å². The van der Waals surface area contributed by atoms with Gasteiger partial charge in [-0.1, -0.05) is 0 Å². The highest BCUT2D eigenvalue weighted by molar-refractivity contribution is 4.95. The van der Waals surface area contributed by atoms with Crippen molar-refractivity contribution >= 4 is 0 Å². The van der Waals surface area contributed by atoms with Crippen molar-refractivity contribution in [3.05, 3.63) is 18.2 Å². The molecule has 1 heterocycles. The summed E-state index contributed by atoms with van der Waals surface area (Å²) in [5.74, 6) is 0. The maximum absolute atomic E-state index is 5.64. The monoisotopic (exact) mass is 211 g/mol. The van der Waals surface area contributed by atoms with E-state index in [1.54, 1.807) is 0 Å². The van der Waals surface area contributed by atoms with Gasteiger partial charge in [0.25, 0.3) is 0 Å². The van der Waals surface area contributed by atoms with Crippen LogP contribution in [0.15, 0.2) is 12.5 Å². The molecule has 0 aliphatic heterocycles. The zero-order chi connectivity index (χ0) is 11.3. The fourth-order valence-corrected chi connectivity index (χ4v) is 1.26. The Labute approximate surface area is 91.7 Å². The van der Waals surface area contributed by atoms with E-state index in [2.05, 4.69) is 35.6 Å². The molecule has 86 valence electrons. The van der Waals surface area contributed by atoms with E-state index in [4.69, 9.17) is 4.74 Å². The van der Waals surface area contributed by atoms with Crippen molar-refractivity contribution in [3.63, 3.8) is 0 Å². The SMILES string of the molecule is CNCc1cn(CCOC(C)(C)C)cn1. The first kappa shape index (κ1) is 12.2. The van der Waals surface area contributed by atoms with E-state index in [1.807, 2.05) is 19.6 Å². The van der Waals surface area contributed by atoms with Gasteiger partial charge in [0, 0.05) is 19.3 Å². The second kappa shape index (κ2) is 5.28. The molecule has 0 amide bonds. The topological polar surface area (TPSA) is 39.1 Å². The first-order valence-corrected chi connectivity index (χ1v) is 5.30. The number of nitrogens with one attached hydrogen (secondary N) is 1. The third-order valence-electron chi connectivity index (χ3n) is 1.93. The molecular formula is C11H21N3O. The van der Waals surface area contributed by atoms with Crippen LogP contribution in [0.4, 0.5) is 0 Å². The lowest BCUT2D eigenvalue weighted by Gasteiger charge is -2.19. The molecule has 0 saturated heterocycles. The minimum Gasteiger partial charge on any atom is -0.374 e. The Kier molecular flexibility index (Phi) is 4.29. The van der Waals surface area contributed by atoms with Gasteiger partial charge in [-0.25, -0.2) is 4.98 Å². The Morgan fingerprint density at radius 2 is 2.20 bits per heavy atom. The second-order valence-electron chi connectivity index (χ2n) is 4.59. The summed E-state index contributed by atoms with van der Waals surface area (Å²) >= 11 is 0. The standard InChI is InChI=1S/C11H21N3O/c1-11(2,3)15-6-5-14-8-10(7-12-4)13-9-14/h8-9,12H,5-7H2,1-4H3. The molecule has 4 nitrogen and oxygen atoms in total. The van der Waals surface area contributed by atoms with Gasteiger partial charge in [0.2, 0.25) is 0 Å². The number of nitrogens with zero attached hydrogens (tertiary/aromatic N) is 2. The van der Waals surface area contributed by atoms with Gasteiger partial charge >= 0.3 is 0 Å². The summed E-state index contributed by atoms with van der Waals surface area (Å²) in [7, 11) is 1.92. The van der Waals surface area contributed by atoms with Crippen molar-refractivity contribution in [2.24, 2.45) is 0 Å². The van der Waals surface area contributed by atoms with Crippen LogP contribution >= 0.6 is 0 Å². The highest BCUT2D eigenvalue weighted by Gasteiger charge is 2.09. The summed E-state index contributed by atoms with van der Waals surface area (Å²) < 4.78 is 7.69. The van der Waals surface area contributed by atoms with Crippen molar-refractivity contribution < 1.29 is 4.74 Å². The minimum absolute atomic E-state index is 0.0611. The molecule has 0 unspecified atom stereocenters. The van der Waals surface area contributed by atoms with Gasteiger partial charge in [-0.05, 0) is 27.8 Å². The highest BCUT2D eigenvalue weighted by atomic mass is 16.5. The number of hydrogen-bond acceptors (Lipinski definition) is 3. The Morgan fingerprint density at radius 3 is 2.80 bits per heavy atom. The predicted molar refractivity (Wildman–Crippen MR) is 60.7 cm³/mol. The quantitative estimate of drug-likeness (QED) is 0.800. The molecule has 0 aliphatic carbocycles. The van der Waals surface area contributed by atoms with Crippen LogP contribution in [0.2, 0.25) is 0 Å². The molecule has 0 fully saturated rings. The van der Waals surface area contributed by atoms with E-state index in [0.29, 0.717) is 0 Å². The molecule has 0 radical (unpaired) electrons. The molecule has 0 aromatic carbocycles. The fraction of sp³-hybridized carbons (Fsp3) is 0.727. The average Bonchev–Trinajstić information content (AvgIpc) is 2.51. The third kappa shape index (κ3) is 4.95. The maximum Gasteiger partial charge on any atom is 0.0950 e. The summed E-state index contributed by atoms with van der Waals surface area (Å²) in [4.78, 5) is 4.27. The van der Waals surface area contributed by atoms with E-state index < -0.39 is 0 Å². The highest BCUT2D eigenvalue weighted by Crippen LogP contribution is 2.06. The Hall–Kier alpha value is -0.870. The molecule has 4 heteroatoms. The smallest absolute Gasteiger partial charge is 0.0950 e. The minimum atomic E-state index is -0.0611. The van der Waals surface area contributed by atoms with Crippen LogP contribution in [0, 0.1) is 0 Å². The van der Waals surface area contributed by atoms with Crippen molar-refractivity contribution in [2.75, 3.05) is 13.7 Å². The lowest BCUT2D eigenvalue weighted by atomic mass is 10.2. The molecule has 1 rings (SSSR count). The van der Waals surface area contributed by atoms with E-state index in [9.17, 15) is 0 Å². The van der Waals surface area contributed by atoms with Gasteiger partial charge < -0.3 is 14.6 Å². The van der Waals surface area contributed by atoms with E-state index in [0.717, 1.165) is 25.4 Å². The van der Waals surface area contributed by atoms with E-state index in [-0.39, 0.29) is 5.60 Å². The zero-order valence-corrected chi connectivity index (χ0v) is 10.1. The molecule has 0 aliphatic rings. The lowest BCUT2D eigenvalue weighted by Crippen LogP contribution is -2.21. The molecule has 1 N–H and O–H groups in total. The van der Waals surface area contributed by atoms with Crippen molar-refractivity contribution in [1.29, 1.82) is 0 Å². The van der Waals surface area contributed by atoms with E-state index >= 15 is 0 Å². The molecule has 0 saturated carbocycles. The van der Waals surface area contributed by atoms with Crippen LogP contribution in [-0.4, -0.2) is 28.8 Å². The molecule has 1 aromatic rings. The number of ether oxygens (including phenoxy) is 1. The van der Waals surface area contributed by atoms with Gasteiger partial charge in [-0.2, -0.15) is 0 Å². The third-order valence-corrected chi connectivity index (χ3v) is 1.93. The number of hydrogen-bond donors (Lipinski definition) is 1. The zero-order valence-electron chi connectivity index (χ0n) is 10.1. The Balaban J connectivity index is 2.31. The van der Waals surface area contributed by atoms with Gasteiger partial charge in [0.15, 0.2) is 0 Å². The largest absolute Gasteiger partial charge is 0.374 e. The number of aromatic nitrogens is 2. The van der Waals surface area contributed by atoms with Gasteiger partial charge in [-0.3, -0.25) is 0 Å². The van der Waals surface area contributed by atoms with Gasteiger partial charge in [0.05, 0.1) is 24.2 Å². The van der Waals surface area contributed by atoms with Crippen LogP contribution in [0.5, 0.6) is 0 Å². The molecule has 0 spiro atoms. The summed E-state index contributed by atoms with van der Waals surface area (Å²) in [6, 6.07) is 0. The molecule has 15 heavy (non-hydrogen) atoms. The number of imidazole rings is 1. The Morgan fingerprint density at radius 1 is 1.47 bits per heavy atom. The van der Waals surface area contributed by atoms with Crippen LogP contribution in [0.3, 0.4) is 0 Å².